The molecule has 1 saturated heterocycles. The third-order valence-electron chi connectivity index (χ3n) is 4.93. The molecule has 0 radical (unpaired) electrons. The third-order valence-corrected chi connectivity index (χ3v) is 4.93. The molecule has 0 aliphatic carbocycles. The van der Waals surface area contributed by atoms with E-state index < -0.39 is 48.1 Å². The molecule has 0 saturated carbocycles. The van der Waals surface area contributed by atoms with Gasteiger partial charge >= 0.3 is 24.3 Å². The standard InChI is InChI=1S/C21H14F7N5O3/c22-13-5-10(4-12(7-13)19(23,24)25)8-31-21(36-18(35)20(26,27)28)32-15(17(34)33-21)6-11-9-30-16-14(11)2-1-3-29-16/h1-7,9,31-32H,8H2,(H,29,30)(H,33,34). The van der Waals surface area contributed by atoms with E-state index in [1.54, 1.807) is 12.1 Å². The van der Waals surface area contributed by atoms with Crippen LogP contribution in [0.1, 0.15) is 16.7 Å². The fraction of sp³-hybridized carbons (Fsp3) is 0.190. The molecule has 4 rings (SSSR count). The van der Waals surface area contributed by atoms with Gasteiger partial charge in [0.2, 0.25) is 0 Å². The van der Waals surface area contributed by atoms with E-state index in [1.807, 2.05) is 5.32 Å². The number of hydrogen-bond acceptors (Lipinski definition) is 6. The van der Waals surface area contributed by atoms with Crippen molar-refractivity contribution < 1.29 is 45.1 Å². The van der Waals surface area contributed by atoms with Crippen LogP contribution in [-0.2, 0) is 27.0 Å². The number of benzene rings is 1. The number of carbonyl (C=O) groups excluding carboxylic acids is 2. The topological polar surface area (TPSA) is 108 Å². The van der Waals surface area contributed by atoms with Gasteiger partial charge in [0.15, 0.2) is 0 Å². The number of aromatic amines is 1. The Kier molecular flexibility index (Phi) is 6.12. The molecule has 1 aromatic carbocycles. The SMILES string of the molecule is O=C1NC(NCc2cc(F)cc(C(F)(F)F)c2)(OC(=O)C(F)(F)F)NC1=Cc1c[nH]c2ncccc12. The number of nitrogens with one attached hydrogen (secondary N) is 4. The second kappa shape index (κ2) is 8.82. The molecule has 3 aromatic rings. The maximum absolute atomic E-state index is 13.7. The Bertz CT molecular complexity index is 1370. The van der Waals surface area contributed by atoms with Crippen LogP contribution in [-0.4, -0.2) is 34.0 Å². The molecule has 8 nitrogen and oxygen atoms in total. The predicted molar refractivity (Wildman–Crippen MR) is 108 cm³/mol. The smallest absolute Gasteiger partial charge is 0.399 e. The van der Waals surface area contributed by atoms with Crippen molar-refractivity contribution in [3.05, 3.63) is 70.9 Å². The average molecular weight is 517 g/mol. The number of nitrogens with zero attached hydrogens (tertiary/aromatic N) is 1. The van der Waals surface area contributed by atoms with Gasteiger partial charge in [0.25, 0.3) is 5.91 Å². The van der Waals surface area contributed by atoms with Crippen LogP contribution in [0.5, 0.6) is 0 Å². The number of hydrogen-bond donors (Lipinski definition) is 4. The zero-order valence-corrected chi connectivity index (χ0v) is 17.6. The number of pyridine rings is 1. The molecule has 1 aliphatic rings. The molecule has 3 heterocycles. The van der Waals surface area contributed by atoms with Crippen LogP contribution in [0.2, 0.25) is 0 Å². The average Bonchev–Trinajstić information content (AvgIpc) is 3.32. The minimum absolute atomic E-state index is 0.232. The summed E-state index contributed by atoms with van der Waals surface area (Å²) in [4.78, 5) is 31.0. The summed E-state index contributed by atoms with van der Waals surface area (Å²) in [5.74, 6) is -7.70. The summed E-state index contributed by atoms with van der Waals surface area (Å²) in [6.45, 7) is -0.746. The molecule has 4 N–H and O–H groups in total. The molecule has 190 valence electrons. The summed E-state index contributed by atoms with van der Waals surface area (Å²) in [5, 5.41) is 7.05. The van der Waals surface area contributed by atoms with Gasteiger partial charge in [-0.2, -0.15) is 26.3 Å². The lowest BCUT2D eigenvalue weighted by molar-refractivity contribution is -0.221. The van der Waals surface area contributed by atoms with Crippen LogP contribution >= 0.6 is 0 Å². The van der Waals surface area contributed by atoms with Gasteiger partial charge in [0.05, 0.1) is 5.56 Å². The first kappa shape index (κ1) is 25.0. The van der Waals surface area contributed by atoms with E-state index in [0.29, 0.717) is 28.7 Å². The lowest BCUT2D eigenvalue weighted by Gasteiger charge is -2.30. The number of alkyl halides is 6. The van der Waals surface area contributed by atoms with Gasteiger partial charge in [-0.05, 0) is 42.0 Å². The molecule has 1 atom stereocenters. The van der Waals surface area contributed by atoms with E-state index in [1.165, 1.54) is 18.5 Å². The van der Waals surface area contributed by atoms with Crippen molar-refractivity contribution in [2.24, 2.45) is 0 Å². The molecule has 0 bridgehead atoms. The molecular weight excluding hydrogens is 503 g/mol. The number of esters is 1. The number of aromatic nitrogens is 2. The normalized spacial score (nSPS) is 19.4. The number of ether oxygens (including phenoxy) is 1. The van der Waals surface area contributed by atoms with Crippen LogP contribution in [0.3, 0.4) is 0 Å². The summed E-state index contributed by atoms with van der Waals surface area (Å²) in [5.41, 5.74) is -1.22. The fourth-order valence-corrected chi connectivity index (χ4v) is 3.37. The summed E-state index contributed by atoms with van der Waals surface area (Å²) >= 11 is 0. The van der Waals surface area contributed by atoms with Gasteiger partial charge in [-0.1, -0.05) is 0 Å². The van der Waals surface area contributed by atoms with E-state index in [0.717, 1.165) is 0 Å². The Morgan fingerprint density at radius 2 is 1.89 bits per heavy atom. The van der Waals surface area contributed by atoms with Crippen molar-refractivity contribution >= 4 is 29.0 Å². The minimum atomic E-state index is -5.47. The van der Waals surface area contributed by atoms with E-state index >= 15 is 0 Å². The van der Waals surface area contributed by atoms with Crippen LogP contribution in [0.4, 0.5) is 30.7 Å². The van der Waals surface area contributed by atoms with Crippen molar-refractivity contribution in [1.29, 1.82) is 0 Å². The van der Waals surface area contributed by atoms with Gasteiger partial charge in [-0.25, -0.2) is 19.5 Å². The summed E-state index contributed by atoms with van der Waals surface area (Å²) in [6, 6.07) is 4.71. The van der Waals surface area contributed by atoms with Crippen LogP contribution in [0.25, 0.3) is 17.1 Å². The molecule has 1 aliphatic heterocycles. The first-order valence-electron chi connectivity index (χ1n) is 9.92. The highest BCUT2D eigenvalue weighted by Crippen LogP contribution is 2.31. The first-order chi connectivity index (χ1) is 16.8. The van der Waals surface area contributed by atoms with Gasteiger partial charge < -0.3 is 15.0 Å². The summed E-state index contributed by atoms with van der Waals surface area (Å²) in [6.07, 6.45) is -6.19. The van der Waals surface area contributed by atoms with Crippen molar-refractivity contribution in [3.63, 3.8) is 0 Å². The zero-order valence-electron chi connectivity index (χ0n) is 17.6. The van der Waals surface area contributed by atoms with Crippen LogP contribution in [0, 0.1) is 5.82 Å². The first-order valence-corrected chi connectivity index (χ1v) is 9.92. The number of amides is 1. The Hall–Kier alpha value is -4.14. The predicted octanol–water partition coefficient (Wildman–Crippen LogP) is 3.29. The number of carbonyl (C=O) groups is 2. The Labute approximate surface area is 196 Å². The summed E-state index contributed by atoms with van der Waals surface area (Å²) in [7, 11) is 0. The Morgan fingerprint density at radius 1 is 1.14 bits per heavy atom. The lowest BCUT2D eigenvalue weighted by Crippen LogP contribution is -2.64. The van der Waals surface area contributed by atoms with Crippen molar-refractivity contribution in [2.45, 2.75) is 24.9 Å². The molecule has 1 fully saturated rings. The van der Waals surface area contributed by atoms with Gasteiger partial charge in [-0.15, -0.1) is 0 Å². The zero-order chi connectivity index (χ0) is 26.3. The minimum Gasteiger partial charge on any atom is -0.399 e. The Balaban J connectivity index is 1.65. The van der Waals surface area contributed by atoms with Crippen molar-refractivity contribution in [1.82, 2.24) is 25.9 Å². The Morgan fingerprint density at radius 3 is 2.58 bits per heavy atom. The van der Waals surface area contributed by atoms with Gasteiger partial charge in [0, 0.05) is 29.9 Å². The molecule has 36 heavy (non-hydrogen) atoms. The van der Waals surface area contributed by atoms with E-state index in [2.05, 4.69) is 25.3 Å². The molecule has 1 unspecified atom stereocenters. The van der Waals surface area contributed by atoms with E-state index in [4.69, 9.17) is 0 Å². The highest BCUT2D eigenvalue weighted by atomic mass is 19.4. The second-order valence-electron chi connectivity index (χ2n) is 7.55. The number of fused-ring (bicyclic) bond motifs is 1. The number of H-pyrrole nitrogens is 1. The third kappa shape index (κ3) is 5.25. The van der Waals surface area contributed by atoms with Crippen LogP contribution in [0.15, 0.2) is 48.4 Å². The highest BCUT2D eigenvalue weighted by Gasteiger charge is 2.51. The van der Waals surface area contributed by atoms with E-state index in [-0.39, 0.29) is 17.3 Å². The molecule has 0 spiro atoms. The number of rotatable bonds is 5. The maximum Gasteiger partial charge on any atom is 0.491 e. The maximum atomic E-state index is 13.7. The largest absolute Gasteiger partial charge is 0.491 e. The van der Waals surface area contributed by atoms with Crippen molar-refractivity contribution in [3.8, 4) is 0 Å². The molecule has 2 aromatic heterocycles. The fourth-order valence-electron chi connectivity index (χ4n) is 3.37. The molecular formula is C21H14F7N5O3. The monoisotopic (exact) mass is 517 g/mol. The second-order valence-corrected chi connectivity index (χ2v) is 7.55. The molecule has 15 heteroatoms. The van der Waals surface area contributed by atoms with Gasteiger partial charge in [-0.3, -0.25) is 10.1 Å². The quantitative estimate of drug-likeness (QED) is 0.179. The summed E-state index contributed by atoms with van der Waals surface area (Å²) < 4.78 is 95.8. The highest BCUT2D eigenvalue weighted by molar-refractivity contribution is 6.02. The molecule has 1 amide bonds. The van der Waals surface area contributed by atoms with Crippen molar-refractivity contribution in [2.75, 3.05) is 0 Å². The number of halogens is 7. The van der Waals surface area contributed by atoms with Gasteiger partial charge in [0.1, 0.15) is 17.2 Å². The van der Waals surface area contributed by atoms with E-state index in [9.17, 15) is 40.3 Å². The van der Waals surface area contributed by atoms with Crippen LogP contribution < -0.4 is 16.0 Å². The lowest BCUT2D eigenvalue weighted by atomic mass is 10.1.